The standard InChI is InChI=1S/C18H46N2O2Si3/c1-11-19-13-17(3)15-23(5,6)21-25(9,10)22-24(7,8)16-18(4)14-20-12-2/h17-20H,11-16H2,1-10H3. The SMILES string of the molecule is CCNCC(C)C[Si](C)(C)O[Si](C)(C)O[Si](C)(C)CC(C)CNCC. The molecule has 152 valence electrons. The second-order valence-electron chi connectivity index (χ2n) is 9.36. The molecule has 25 heavy (non-hydrogen) atoms. The molecule has 2 unspecified atom stereocenters. The van der Waals surface area contributed by atoms with Gasteiger partial charge in [-0.15, -0.1) is 0 Å². The van der Waals surface area contributed by atoms with Crippen LogP contribution in [0.1, 0.15) is 27.7 Å². The summed E-state index contributed by atoms with van der Waals surface area (Å²) < 4.78 is 13.4. The summed E-state index contributed by atoms with van der Waals surface area (Å²) in [7, 11) is -5.50. The number of hydrogen-bond donors (Lipinski definition) is 2. The molecule has 0 rings (SSSR count). The Morgan fingerprint density at radius 3 is 1.28 bits per heavy atom. The van der Waals surface area contributed by atoms with Crippen molar-refractivity contribution in [2.75, 3.05) is 26.2 Å². The van der Waals surface area contributed by atoms with E-state index in [1.165, 1.54) is 12.1 Å². The van der Waals surface area contributed by atoms with Crippen molar-refractivity contribution in [2.24, 2.45) is 11.8 Å². The molecule has 0 aromatic heterocycles. The van der Waals surface area contributed by atoms with E-state index in [9.17, 15) is 0 Å². The molecule has 0 aromatic carbocycles. The third-order valence-electron chi connectivity index (χ3n) is 4.21. The molecule has 0 saturated carbocycles. The van der Waals surface area contributed by atoms with Crippen LogP contribution in [-0.2, 0) is 8.23 Å². The lowest BCUT2D eigenvalue weighted by Gasteiger charge is -2.40. The van der Waals surface area contributed by atoms with Crippen LogP contribution in [0.15, 0.2) is 0 Å². The Labute approximate surface area is 161 Å². The van der Waals surface area contributed by atoms with E-state index in [-0.39, 0.29) is 0 Å². The number of rotatable bonds is 14. The minimum Gasteiger partial charge on any atom is -0.436 e. The second kappa shape index (κ2) is 11.4. The van der Waals surface area contributed by atoms with Gasteiger partial charge in [-0.25, -0.2) is 0 Å². The molecule has 4 nitrogen and oxygen atoms in total. The van der Waals surface area contributed by atoms with E-state index in [1.807, 2.05) is 0 Å². The summed E-state index contributed by atoms with van der Waals surface area (Å²) in [5.41, 5.74) is 0. The van der Waals surface area contributed by atoms with E-state index in [4.69, 9.17) is 8.23 Å². The highest BCUT2D eigenvalue weighted by Gasteiger charge is 2.40. The van der Waals surface area contributed by atoms with Crippen LogP contribution in [-0.4, -0.2) is 51.4 Å². The number of hydrogen-bond acceptors (Lipinski definition) is 4. The van der Waals surface area contributed by atoms with Gasteiger partial charge in [-0.1, -0.05) is 27.7 Å². The highest BCUT2D eigenvalue weighted by atomic mass is 28.5. The van der Waals surface area contributed by atoms with Crippen LogP contribution in [0, 0.1) is 11.8 Å². The van der Waals surface area contributed by atoms with Crippen LogP contribution in [0.4, 0.5) is 0 Å². The van der Waals surface area contributed by atoms with Crippen molar-refractivity contribution in [1.29, 1.82) is 0 Å². The molecule has 7 heteroatoms. The van der Waals surface area contributed by atoms with E-state index in [2.05, 4.69) is 77.6 Å². The Balaban J connectivity index is 4.61. The molecular formula is C18H46N2O2Si3. The Kier molecular flexibility index (Phi) is 11.6. The third-order valence-corrected chi connectivity index (χ3v) is 15.9. The molecule has 0 aliphatic heterocycles. The van der Waals surface area contributed by atoms with Gasteiger partial charge >= 0.3 is 8.56 Å². The van der Waals surface area contributed by atoms with Crippen molar-refractivity contribution < 1.29 is 8.23 Å². The molecule has 0 saturated heterocycles. The molecule has 0 amide bonds. The minimum absolute atomic E-state index is 0.664. The first kappa shape index (κ1) is 25.5. The Morgan fingerprint density at radius 1 is 0.680 bits per heavy atom. The van der Waals surface area contributed by atoms with Gasteiger partial charge in [0.1, 0.15) is 0 Å². The van der Waals surface area contributed by atoms with Crippen molar-refractivity contribution in [1.82, 2.24) is 10.6 Å². The summed E-state index contributed by atoms with van der Waals surface area (Å²) in [5.74, 6) is 1.33. The summed E-state index contributed by atoms with van der Waals surface area (Å²) in [4.78, 5) is 0. The van der Waals surface area contributed by atoms with Crippen LogP contribution >= 0.6 is 0 Å². The van der Waals surface area contributed by atoms with Crippen molar-refractivity contribution >= 4 is 25.2 Å². The van der Waals surface area contributed by atoms with E-state index in [0.717, 1.165) is 26.2 Å². The van der Waals surface area contributed by atoms with E-state index in [0.29, 0.717) is 11.8 Å². The molecule has 0 aromatic rings. The van der Waals surface area contributed by atoms with Gasteiger partial charge in [0, 0.05) is 0 Å². The fourth-order valence-electron chi connectivity index (χ4n) is 4.04. The lowest BCUT2D eigenvalue weighted by atomic mass is 10.2. The summed E-state index contributed by atoms with van der Waals surface area (Å²) in [6.07, 6.45) is 0. The van der Waals surface area contributed by atoms with E-state index < -0.39 is 25.2 Å². The Morgan fingerprint density at radius 2 is 1.00 bits per heavy atom. The molecule has 0 fully saturated rings. The molecule has 0 aliphatic rings. The Bertz CT molecular complexity index is 334. The fourth-order valence-corrected chi connectivity index (χ4v) is 19.5. The molecule has 0 spiro atoms. The van der Waals surface area contributed by atoms with Crippen molar-refractivity contribution in [3.05, 3.63) is 0 Å². The van der Waals surface area contributed by atoms with Crippen LogP contribution in [0.2, 0.25) is 51.4 Å². The highest BCUT2D eigenvalue weighted by Crippen LogP contribution is 2.28. The lowest BCUT2D eigenvalue weighted by molar-refractivity contribution is 0.377. The zero-order valence-electron chi connectivity index (χ0n) is 18.7. The molecule has 0 bridgehead atoms. The zero-order chi connectivity index (χ0) is 19.7. The predicted octanol–water partition coefficient (Wildman–Crippen LogP) is 4.62. The summed E-state index contributed by atoms with van der Waals surface area (Å²) in [5, 5.41) is 6.92. The van der Waals surface area contributed by atoms with Gasteiger partial charge in [-0.3, -0.25) is 0 Å². The molecule has 2 N–H and O–H groups in total. The van der Waals surface area contributed by atoms with Gasteiger partial charge in [0.05, 0.1) is 0 Å². The largest absolute Gasteiger partial charge is 0.436 e. The van der Waals surface area contributed by atoms with E-state index in [1.54, 1.807) is 0 Å². The first-order chi connectivity index (χ1) is 11.3. The first-order valence-electron chi connectivity index (χ1n) is 10.1. The van der Waals surface area contributed by atoms with Crippen LogP contribution in [0.3, 0.4) is 0 Å². The van der Waals surface area contributed by atoms with Crippen LogP contribution in [0.5, 0.6) is 0 Å². The molecule has 2 atom stereocenters. The molecule has 0 heterocycles. The maximum Gasteiger partial charge on any atom is 0.311 e. The zero-order valence-corrected chi connectivity index (χ0v) is 21.7. The van der Waals surface area contributed by atoms with E-state index >= 15 is 0 Å². The minimum atomic E-state index is -2.09. The van der Waals surface area contributed by atoms with Gasteiger partial charge in [-0.05, 0) is 89.4 Å². The normalized spacial score (nSPS) is 16.1. The van der Waals surface area contributed by atoms with Crippen molar-refractivity contribution in [3.63, 3.8) is 0 Å². The average molecular weight is 407 g/mol. The summed E-state index contributed by atoms with van der Waals surface area (Å²) in [6.45, 7) is 27.2. The monoisotopic (exact) mass is 406 g/mol. The maximum atomic E-state index is 6.72. The Hall–Kier alpha value is 0.491. The van der Waals surface area contributed by atoms with Gasteiger partial charge in [0.2, 0.25) is 0 Å². The van der Waals surface area contributed by atoms with Gasteiger partial charge in [0.15, 0.2) is 16.6 Å². The van der Waals surface area contributed by atoms with Gasteiger partial charge in [0.25, 0.3) is 0 Å². The molecule has 0 radical (unpaired) electrons. The molecular weight excluding hydrogens is 360 g/mol. The fraction of sp³-hybridized carbons (Fsp3) is 1.00. The summed E-state index contributed by atoms with van der Waals surface area (Å²) in [6, 6.07) is 2.39. The van der Waals surface area contributed by atoms with Gasteiger partial charge < -0.3 is 18.9 Å². The lowest BCUT2D eigenvalue weighted by Crippen LogP contribution is -2.53. The highest BCUT2D eigenvalue weighted by molar-refractivity contribution is 6.87. The predicted molar refractivity (Wildman–Crippen MR) is 120 cm³/mol. The quantitative estimate of drug-likeness (QED) is 0.413. The topological polar surface area (TPSA) is 42.5 Å². The first-order valence-corrected chi connectivity index (χ1v) is 19.2. The van der Waals surface area contributed by atoms with Crippen molar-refractivity contribution in [2.45, 2.75) is 79.1 Å². The third kappa shape index (κ3) is 13.3. The number of nitrogens with one attached hydrogen (secondary N) is 2. The second-order valence-corrected chi connectivity index (χ2v) is 21.6. The van der Waals surface area contributed by atoms with Gasteiger partial charge in [-0.2, -0.15) is 0 Å². The average Bonchev–Trinajstić information content (AvgIpc) is 2.38. The molecule has 0 aliphatic carbocycles. The summed E-state index contributed by atoms with van der Waals surface area (Å²) >= 11 is 0. The maximum absolute atomic E-state index is 6.72. The smallest absolute Gasteiger partial charge is 0.311 e. The van der Waals surface area contributed by atoms with Crippen LogP contribution in [0.25, 0.3) is 0 Å². The van der Waals surface area contributed by atoms with Crippen molar-refractivity contribution in [3.8, 4) is 0 Å². The van der Waals surface area contributed by atoms with Crippen LogP contribution < -0.4 is 10.6 Å².